The molecule has 2 aromatic carbocycles. The normalized spacial score (nSPS) is 18.8. The predicted octanol–water partition coefficient (Wildman–Crippen LogP) is 6.48. The second-order valence-corrected chi connectivity index (χ2v) is 18.1. The maximum atomic E-state index is 12.5. The predicted molar refractivity (Wildman–Crippen MR) is 254 cm³/mol. The number of rotatable bonds is 11. The van der Waals surface area contributed by atoms with Crippen molar-refractivity contribution in [2.45, 2.75) is 82.5 Å². The second kappa shape index (κ2) is 19.3. The maximum absolute atomic E-state index is 12.5. The van der Waals surface area contributed by atoms with Crippen LogP contribution in [0.1, 0.15) is 73.0 Å². The molecule has 4 fully saturated rings. The van der Waals surface area contributed by atoms with Crippen molar-refractivity contribution in [1.29, 1.82) is 0 Å². The average molecular weight is 904 g/mol. The van der Waals surface area contributed by atoms with E-state index in [4.69, 9.17) is 32.2 Å². The Kier molecular flexibility index (Phi) is 13.2. The highest BCUT2D eigenvalue weighted by Gasteiger charge is 2.32. The number of methoxy groups -OCH3 is 1. The molecule has 3 saturated heterocycles. The number of nitrogens with two attached hydrogens (primary N) is 1. The summed E-state index contributed by atoms with van der Waals surface area (Å²) in [4.78, 5) is 56.9. The van der Waals surface area contributed by atoms with Gasteiger partial charge in [0.05, 0.1) is 34.4 Å². The molecule has 0 atom stereocenters. The number of urea groups is 1. The van der Waals surface area contributed by atoms with E-state index < -0.39 is 11.9 Å². The topological polar surface area (TPSA) is 170 Å². The number of anilines is 5. The highest BCUT2D eigenvalue weighted by molar-refractivity contribution is 6.34. The first-order valence-corrected chi connectivity index (χ1v) is 23.3. The van der Waals surface area contributed by atoms with Gasteiger partial charge in [-0.1, -0.05) is 29.8 Å². The zero-order chi connectivity index (χ0) is 45.2. The standard InChI is InChI=1S/C43H49ClN12O3.C5H10O/c1-46-35-23-39(50-56-38(41(45)58)25-48-42(35)56)54-20-14-32-31(4-3-5-36(32)54)34-9-6-27(24-47-34)26-52-16-10-29(11-17-52)53-18-12-28(13-19-53)51(2)30-7-8-33(44)37(22-30)55-21-15-40(57)49-43(55)59;1-6-5-3-2-4-5/h3-9,22-25,28-29,46H,10-21,26H2,1-2H3,(H2,45,58)(H,49,57,59);5H,2-4H2,1H3. The monoisotopic (exact) mass is 902 g/mol. The molecule has 0 spiro atoms. The average Bonchev–Trinajstić information content (AvgIpc) is 3.95. The van der Waals surface area contributed by atoms with E-state index in [1.54, 1.807) is 12.0 Å². The summed E-state index contributed by atoms with van der Waals surface area (Å²) in [5.41, 5.74) is 14.4. The highest BCUT2D eigenvalue weighted by atomic mass is 35.5. The summed E-state index contributed by atoms with van der Waals surface area (Å²) < 4.78 is 6.50. The van der Waals surface area contributed by atoms with Gasteiger partial charge in [-0.3, -0.25) is 29.7 Å². The molecule has 10 rings (SSSR count). The van der Waals surface area contributed by atoms with E-state index in [0.717, 1.165) is 99.7 Å². The summed E-state index contributed by atoms with van der Waals surface area (Å²) in [5.74, 6) is -0.131. The third kappa shape index (κ3) is 9.35. The van der Waals surface area contributed by atoms with Crippen LogP contribution in [0, 0.1) is 0 Å². The molecule has 0 unspecified atom stereocenters. The van der Waals surface area contributed by atoms with E-state index in [1.807, 2.05) is 37.5 Å². The number of amides is 4. The molecule has 7 heterocycles. The van der Waals surface area contributed by atoms with Gasteiger partial charge in [-0.2, -0.15) is 0 Å². The number of fused-ring (bicyclic) bond motifs is 2. The Hall–Kier alpha value is -5.81. The number of halogens is 1. The summed E-state index contributed by atoms with van der Waals surface area (Å²) >= 11 is 6.52. The van der Waals surface area contributed by atoms with E-state index in [1.165, 1.54) is 41.1 Å². The summed E-state index contributed by atoms with van der Waals surface area (Å²) in [7, 11) is 5.73. The van der Waals surface area contributed by atoms with Crippen LogP contribution in [-0.2, 0) is 22.5 Å². The maximum Gasteiger partial charge on any atom is 0.328 e. The van der Waals surface area contributed by atoms with E-state index >= 15 is 0 Å². The number of primary amides is 1. The number of carbonyl (C=O) groups excluding carboxylic acids is 3. The number of hydrogen-bond donors (Lipinski definition) is 3. The van der Waals surface area contributed by atoms with E-state index in [2.05, 4.69) is 72.6 Å². The smallest absolute Gasteiger partial charge is 0.328 e. The quantitative estimate of drug-likeness (QED) is 0.132. The number of pyridine rings is 1. The van der Waals surface area contributed by atoms with Crippen molar-refractivity contribution in [2.75, 3.05) is 80.5 Å². The summed E-state index contributed by atoms with van der Waals surface area (Å²) in [5, 5.41) is 10.9. The van der Waals surface area contributed by atoms with Crippen LogP contribution in [0.2, 0.25) is 5.02 Å². The Bertz CT molecular complexity index is 2530. The molecule has 4 aliphatic heterocycles. The molecular weight excluding hydrogens is 844 g/mol. The zero-order valence-electron chi connectivity index (χ0n) is 37.5. The number of imide groups is 1. The van der Waals surface area contributed by atoms with Crippen molar-refractivity contribution >= 4 is 63.7 Å². The fraction of sp³-hybridized carbons (Fsp3) is 0.458. The van der Waals surface area contributed by atoms with Gasteiger partial charge in [0, 0.05) is 102 Å². The molecule has 1 aliphatic carbocycles. The van der Waals surface area contributed by atoms with Gasteiger partial charge in [-0.15, -0.1) is 5.10 Å². The second-order valence-electron chi connectivity index (χ2n) is 17.7. The summed E-state index contributed by atoms with van der Waals surface area (Å²) in [6.45, 7) is 6.20. The molecule has 4 amide bonds. The molecule has 65 heavy (non-hydrogen) atoms. The SMILES string of the molecule is CNc1cc(N2CCc3c(-c4ccc(CN5CCC(N6CCC(N(C)c7ccc(Cl)c(N8CCC(=O)NC8=O)c7)CC6)CC5)cn4)cccc32)nn2c(C(N)=O)cnc12.COC1CCC1. The van der Waals surface area contributed by atoms with Gasteiger partial charge in [0.15, 0.2) is 11.5 Å². The van der Waals surface area contributed by atoms with Gasteiger partial charge >= 0.3 is 6.03 Å². The lowest BCUT2D eigenvalue weighted by molar-refractivity contribution is -0.120. The minimum atomic E-state index is -0.579. The molecule has 16 nitrogen and oxygen atoms in total. The molecule has 0 radical (unpaired) electrons. The molecule has 4 N–H and O–H groups in total. The number of nitrogens with zero attached hydrogens (tertiary/aromatic N) is 9. The number of ether oxygens (including phenoxy) is 1. The van der Waals surface area contributed by atoms with E-state index in [9.17, 15) is 14.4 Å². The first-order chi connectivity index (χ1) is 31.6. The van der Waals surface area contributed by atoms with Crippen molar-refractivity contribution in [1.82, 2.24) is 34.7 Å². The molecule has 1 saturated carbocycles. The summed E-state index contributed by atoms with van der Waals surface area (Å²) in [6, 6.07) is 19.0. The lowest BCUT2D eigenvalue weighted by Crippen LogP contribution is -2.50. The third-order valence-corrected chi connectivity index (χ3v) is 14.3. The number of aromatic nitrogens is 4. The number of imidazole rings is 1. The molecule has 0 bridgehead atoms. The molecule has 5 aliphatic rings. The Morgan fingerprint density at radius 1 is 0.908 bits per heavy atom. The first-order valence-electron chi connectivity index (χ1n) is 22.9. The number of benzene rings is 2. The van der Waals surface area contributed by atoms with Gasteiger partial charge in [-0.05, 0) is 106 Å². The Labute approximate surface area is 385 Å². The van der Waals surface area contributed by atoms with Gasteiger partial charge in [-0.25, -0.2) is 14.3 Å². The largest absolute Gasteiger partial charge is 0.385 e. The van der Waals surface area contributed by atoms with Crippen LogP contribution in [0.25, 0.3) is 16.9 Å². The Morgan fingerprint density at radius 3 is 2.35 bits per heavy atom. The van der Waals surface area contributed by atoms with Gasteiger partial charge < -0.3 is 30.5 Å². The van der Waals surface area contributed by atoms with E-state index in [-0.39, 0.29) is 18.0 Å². The fourth-order valence-electron chi connectivity index (χ4n) is 9.91. The van der Waals surface area contributed by atoms with Crippen LogP contribution < -0.4 is 31.1 Å². The van der Waals surface area contributed by atoms with Gasteiger partial charge in [0.2, 0.25) is 5.91 Å². The van der Waals surface area contributed by atoms with Crippen LogP contribution in [0.4, 0.5) is 33.4 Å². The van der Waals surface area contributed by atoms with Crippen LogP contribution in [-0.4, -0.2) is 126 Å². The van der Waals surface area contributed by atoms with Crippen molar-refractivity contribution in [3.05, 3.63) is 88.8 Å². The highest BCUT2D eigenvalue weighted by Crippen LogP contribution is 2.40. The van der Waals surface area contributed by atoms with Crippen molar-refractivity contribution in [3.8, 4) is 11.3 Å². The van der Waals surface area contributed by atoms with Crippen molar-refractivity contribution in [2.24, 2.45) is 5.73 Å². The van der Waals surface area contributed by atoms with Crippen LogP contribution in [0.3, 0.4) is 0 Å². The lowest BCUT2D eigenvalue weighted by Gasteiger charge is -2.44. The molecular formula is C48H59ClN12O4. The number of carbonyl (C=O) groups is 3. The van der Waals surface area contributed by atoms with Gasteiger partial charge in [0.25, 0.3) is 5.91 Å². The van der Waals surface area contributed by atoms with Crippen LogP contribution in [0.15, 0.2) is 67.0 Å². The number of likely N-dealkylation sites (tertiary alicyclic amines) is 2. The van der Waals surface area contributed by atoms with Gasteiger partial charge in [0.1, 0.15) is 5.69 Å². The number of piperidine rings is 2. The molecule has 3 aromatic heterocycles. The number of nitrogens with one attached hydrogen (secondary N) is 2. The molecule has 342 valence electrons. The van der Waals surface area contributed by atoms with Crippen molar-refractivity contribution in [3.63, 3.8) is 0 Å². The fourth-order valence-corrected chi connectivity index (χ4v) is 10.1. The lowest BCUT2D eigenvalue weighted by atomic mass is 9.96. The van der Waals surface area contributed by atoms with Crippen molar-refractivity contribution < 1.29 is 19.1 Å². The van der Waals surface area contributed by atoms with Crippen LogP contribution in [0.5, 0.6) is 0 Å². The molecule has 5 aromatic rings. The first kappa shape index (κ1) is 44.4. The minimum Gasteiger partial charge on any atom is -0.385 e. The van der Waals surface area contributed by atoms with E-state index in [0.29, 0.717) is 46.9 Å². The third-order valence-electron chi connectivity index (χ3n) is 14.0. The number of hydrogen-bond acceptors (Lipinski definition) is 12. The summed E-state index contributed by atoms with van der Waals surface area (Å²) in [6.07, 6.45) is 13.6. The minimum absolute atomic E-state index is 0.237. The Balaban J connectivity index is 0.000000823. The zero-order valence-corrected chi connectivity index (χ0v) is 38.3. The van der Waals surface area contributed by atoms with Crippen LogP contribution >= 0.6 is 11.6 Å². The Morgan fingerprint density at radius 2 is 1.69 bits per heavy atom. The molecule has 17 heteroatoms.